The van der Waals surface area contributed by atoms with E-state index in [0.29, 0.717) is 29.1 Å². The van der Waals surface area contributed by atoms with Gasteiger partial charge in [-0.1, -0.05) is 18.9 Å². The third kappa shape index (κ3) is 4.74. The Balaban J connectivity index is 2.10. The molecule has 0 aliphatic heterocycles. The van der Waals surface area contributed by atoms with Gasteiger partial charge in [-0.05, 0) is 18.6 Å². The molecule has 0 saturated carbocycles. The molecule has 0 aliphatic rings. The minimum atomic E-state index is -2.76. The van der Waals surface area contributed by atoms with Gasteiger partial charge < -0.3 is 20.7 Å². The zero-order valence-electron chi connectivity index (χ0n) is 21.2. The molecule has 33 heavy (non-hydrogen) atoms. The lowest BCUT2D eigenvalue weighted by molar-refractivity contribution is -0.110. The molecule has 0 spiro atoms. The summed E-state index contributed by atoms with van der Waals surface area (Å²) in [4.78, 5) is 28.6. The molecule has 0 fully saturated rings. The molecule has 2 aromatic heterocycles. The van der Waals surface area contributed by atoms with Crippen molar-refractivity contribution in [2.45, 2.75) is 18.9 Å². The number of hydrogen-bond donors (Lipinski definition) is 3. The fourth-order valence-corrected chi connectivity index (χ4v) is 3.02. The molecule has 3 aromatic rings. The van der Waals surface area contributed by atoms with Crippen LogP contribution in [-0.2, 0) is 11.8 Å². The molecule has 2 heterocycles. The summed E-state index contributed by atoms with van der Waals surface area (Å²) in [5.74, 6) is 2.24. The molecule has 0 saturated heterocycles. The Bertz CT molecular complexity index is 1320. The van der Waals surface area contributed by atoms with Crippen LogP contribution in [0.3, 0.4) is 0 Å². The Morgan fingerprint density at radius 3 is 2.82 bits per heavy atom. The number of aryl methyl sites for hydroxylation is 1. The maximum atomic E-state index is 12.7. The maximum absolute atomic E-state index is 12.7. The van der Waals surface area contributed by atoms with Gasteiger partial charge in [0.1, 0.15) is 6.33 Å². The summed E-state index contributed by atoms with van der Waals surface area (Å²) < 4.78 is 29.2. The fraction of sp³-hybridized carbons (Fsp3) is 0.273. The summed E-state index contributed by atoms with van der Waals surface area (Å²) >= 11 is 0. The zero-order valence-corrected chi connectivity index (χ0v) is 18.2. The van der Waals surface area contributed by atoms with Crippen molar-refractivity contribution in [3.63, 3.8) is 0 Å². The van der Waals surface area contributed by atoms with Gasteiger partial charge in [0.15, 0.2) is 34.9 Å². The number of aromatic nitrogens is 5. The lowest BCUT2D eigenvalue weighted by Gasteiger charge is -2.23. The standard InChI is InChI=1S/C22H24N8O3/c1-6-22(7-2,12-31)26-17-11-16(18(28-27-17)21(32)23-3)25-15-10-8-9-14(19(15)33-5)20-24-13-30(4)29-20/h1,8-13H,7H2,2-5H3,(H,23,32)(H2,25,26,27)/i3D3. The van der Waals surface area contributed by atoms with Crippen molar-refractivity contribution in [2.75, 3.05) is 24.7 Å². The molecule has 11 nitrogen and oxygen atoms in total. The topological polar surface area (TPSA) is 136 Å². The Kier molecular flexibility index (Phi) is 5.70. The van der Waals surface area contributed by atoms with Crippen LogP contribution in [0.2, 0.25) is 0 Å². The SMILES string of the molecule is [2H]C([2H])([2H])NC(=O)c1nnc(NC(C#C)(C=O)CC)cc1Nc1cccc(-c2ncn(C)n2)c1OC. The number of aldehydes is 1. The van der Waals surface area contributed by atoms with Gasteiger partial charge in [-0.3, -0.25) is 14.3 Å². The van der Waals surface area contributed by atoms with Crippen LogP contribution in [0.5, 0.6) is 5.75 Å². The molecule has 0 radical (unpaired) electrons. The summed E-state index contributed by atoms with van der Waals surface area (Å²) in [5, 5.41) is 19.9. The van der Waals surface area contributed by atoms with E-state index in [9.17, 15) is 9.59 Å². The summed E-state index contributed by atoms with van der Waals surface area (Å²) in [6.45, 7) is -1.04. The molecule has 170 valence electrons. The van der Waals surface area contributed by atoms with Crippen molar-refractivity contribution in [3.8, 4) is 29.5 Å². The Labute approximate surface area is 195 Å². The third-order valence-electron chi connectivity index (χ3n) is 4.82. The number of anilines is 3. The zero-order chi connectivity index (χ0) is 26.5. The van der Waals surface area contributed by atoms with Crippen LogP contribution in [0.25, 0.3) is 11.4 Å². The smallest absolute Gasteiger partial charge is 0.273 e. The second-order valence-corrected chi connectivity index (χ2v) is 6.91. The van der Waals surface area contributed by atoms with Crippen LogP contribution in [0.4, 0.5) is 17.2 Å². The number of methoxy groups -OCH3 is 1. The number of amides is 1. The van der Waals surface area contributed by atoms with E-state index in [1.165, 1.54) is 24.2 Å². The molecular formula is C22H24N8O3. The minimum absolute atomic E-state index is 0.0756. The highest BCUT2D eigenvalue weighted by molar-refractivity contribution is 5.99. The van der Waals surface area contributed by atoms with Crippen molar-refractivity contribution in [1.29, 1.82) is 0 Å². The number of para-hydroxylation sites is 1. The number of carbonyl (C=O) groups is 2. The lowest BCUT2D eigenvalue weighted by Crippen LogP contribution is -2.38. The van der Waals surface area contributed by atoms with Crippen molar-refractivity contribution >= 4 is 29.4 Å². The Morgan fingerprint density at radius 2 is 2.21 bits per heavy atom. The number of benzene rings is 1. The molecule has 0 bridgehead atoms. The second kappa shape index (κ2) is 9.78. The van der Waals surface area contributed by atoms with Crippen LogP contribution >= 0.6 is 0 Å². The monoisotopic (exact) mass is 451 g/mol. The van der Waals surface area contributed by atoms with E-state index in [1.54, 1.807) is 32.2 Å². The fourth-order valence-electron chi connectivity index (χ4n) is 3.02. The lowest BCUT2D eigenvalue weighted by atomic mass is 9.99. The highest BCUT2D eigenvalue weighted by Gasteiger charge is 2.26. The predicted octanol–water partition coefficient (Wildman–Crippen LogP) is 1.78. The van der Waals surface area contributed by atoms with Crippen molar-refractivity contribution in [2.24, 2.45) is 7.05 Å². The molecule has 3 rings (SSSR count). The summed E-state index contributed by atoms with van der Waals surface area (Å²) in [7, 11) is 3.18. The van der Waals surface area contributed by atoms with Gasteiger partial charge in [0.2, 0.25) is 0 Å². The van der Waals surface area contributed by atoms with E-state index in [1.807, 2.05) is 5.32 Å². The van der Waals surface area contributed by atoms with E-state index in [0.717, 1.165) is 0 Å². The number of carbonyl (C=O) groups excluding carboxylic acids is 2. The third-order valence-corrected chi connectivity index (χ3v) is 4.82. The first-order valence-electron chi connectivity index (χ1n) is 11.3. The second-order valence-electron chi connectivity index (χ2n) is 6.91. The average Bonchev–Trinajstić information content (AvgIpc) is 3.27. The summed E-state index contributed by atoms with van der Waals surface area (Å²) in [5.41, 5.74) is -0.620. The largest absolute Gasteiger partial charge is 0.494 e. The van der Waals surface area contributed by atoms with Gasteiger partial charge in [0, 0.05) is 24.2 Å². The van der Waals surface area contributed by atoms with Crippen molar-refractivity contribution in [3.05, 3.63) is 36.3 Å². The minimum Gasteiger partial charge on any atom is -0.494 e. The Hall–Kier alpha value is -4.46. The van der Waals surface area contributed by atoms with E-state index in [2.05, 4.69) is 36.8 Å². The first-order chi connectivity index (χ1) is 17.0. The van der Waals surface area contributed by atoms with Gasteiger partial charge >= 0.3 is 0 Å². The van der Waals surface area contributed by atoms with Crippen LogP contribution in [0, 0.1) is 12.3 Å². The quantitative estimate of drug-likeness (QED) is 0.328. The van der Waals surface area contributed by atoms with Gasteiger partial charge in [0.05, 0.1) is 24.0 Å². The van der Waals surface area contributed by atoms with Crippen LogP contribution < -0.4 is 20.7 Å². The molecule has 0 aliphatic carbocycles. The molecule has 3 N–H and O–H groups in total. The molecule has 1 amide bonds. The van der Waals surface area contributed by atoms with Gasteiger partial charge in [-0.2, -0.15) is 5.10 Å². The molecule has 1 atom stereocenters. The summed E-state index contributed by atoms with van der Waals surface area (Å²) in [6, 6.07) is 6.54. The average molecular weight is 452 g/mol. The van der Waals surface area contributed by atoms with Crippen LogP contribution in [-0.4, -0.2) is 56.8 Å². The van der Waals surface area contributed by atoms with Gasteiger partial charge in [0.25, 0.3) is 5.91 Å². The normalized spacial score (nSPS) is 13.9. The van der Waals surface area contributed by atoms with Crippen LogP contribution in [0.1, 0.15) is 27.9 Å². The summed E-state index contributed by atoms with van der Waals surface area (Å²) in [6.07, 6.45) is 7.90. The first-order valence-corrected chi connectivity index (χ1v) is 9.77. The number of nitrogens with one attached hydrogen (secondary N) is 3. The van der Waals surface area contributed by atoms with E-state index in [-0.39, 0.29) is 23.6 Å². The number of hydrogen-bond acceptors (Lipinski definition) is 9. The first kappa shape index (κ1) is 19.2. The molecular weight excluding hydrogens is 424 g/mol. The maximum Gasteiger partial charge on any atom is 0.273 e. The number of nitrogens with zero attached hydrogens (tertiary/aromatic N) is 5. The van der Waals surface area contributed by atoms with E-state index in [4.69, 9.17) is 15.3 Å². The predicted molar refractivity (Wildman–Crippen MR) is 123 cm³/mol. The molecule has 11 heteroatoms. The van der Waals surface area contributed by atoms with Crippen molar-refractivity contribution < 1.29 is 18.4 Å². The Morgan fingerprint density at radius 1 is 1.39 bits per heavy atom. The van der Waals surface area contributed by atoms with Gasteiger partial charge in [-0.15, -0.1) is 16.6 Å². The number of rotatable bonds is 9. The van der Waals surface area contributed by atoms with Crippen LogP contribution in [0.15, 0.2) is 30.6 Å². The highest BCUT2D eigenvalue weighted by Crippen LogP contribution is 2.37. The highest BCUT2D eigenvalue weighted by atomic mass is 16.5. The van der Waals surface area contributed by atoms with Gasteiger partial charge in [-0.25, -0.2) is 4.98 Å². The molecule has 1 unspecified atom stereocenters. The number of terminal acetylenes is 1. The van der Waals surface area contributed by atoms with Crippen molar-refractivity contribution in [1.82, 2.24) is 30.3 Å². The van der Waals surface area contributed by atoms with E-state index >= 15 is 0 Å². The van der Waals surface area contributed by atoms with E-state index < -0.39 is 18.4 Å². The number of ether oxygens (including phenoxy) is 1. The molecule has 1 aromatic carbocycles.